The lowest BCUT2D eigenvalue weighted by Crippen LogP contribution is -2.53. The van der Waals surface area contributed by atoms with Gasteiger partial charge in [0.05, 0.1) is 19.0 Å². The van der Waals surface area contributed by atoms with E-state index in [-0.39, 0.29) is 13.3 Å². The molecular formula is C18H16Cl2NO4-. The van der Waals surface area contributed by atoms with E-state index >= 15 is 0 Å². The summed E-state index contributed by atoms with van der Waals surface area (Å²) in [5.74, 6) is -0.323. The Morgan fingerprint density at radius 2 is 2.04 bits per heavy atom. The quantitative estimate of drug-likeness (QED) is 0.866. The number of benzene rings is 2. The van der Waals surface area contributed by atoms with E-state index in [1.807, 2.05) is 6.07 Å². The molecule has 0 radical (unpaired) electrons. The molecule has 0 amide bonds. The summed E-state index contributed by atoms with van der Waals surface area (Å²) in [6.07, 6.45) is -0.664. The van der Waals surface area contributed by atoms with Gasteiger partial charge in [0.2, 0.25) is 0 Å². The second-order valence-corrected chi connectivity index (χ2v) is 6.60. The predicted octanol–water partition coefficient (Wildman–Crippen LogP) is 3.08. The van der Waals surface area contributed by atoms with Crippen LogP contribution in [-0.2, 0) is 4.79 Å². The molecule has 0 saturated carbocycles. The molecule has 0 spiro atoms. The Balaban J connectivity index is 0.00000182. The van der Waals surface area contributed by atoms with Gasteiger partial charge in [-0.05, 0) is 30.3 Å². The fourth-order valence-electron chi connectivity index (χ4n) is 3.44. The molecule has 5 nitrogen and oxygen atoms in total. The van der Waals surface area contributed by atoms with Gasteiger partial charge < -0.3 is 24.7 Å². The van der Waals surface area contributed by atoms with Crippen molar-refractivity contribution in [3.05, 3.63) is 51.5 Å². The number of carboxylic acid groups (broad SMARTS) is 1. The van der Waals surface area contributed by atoms with Crippen molar-refractivity contribution in [2.45, 2.75) is 25.5 Å². The lowest BCUT2D eigenvalue weighted by molar-refractivity contribution is -0.308. The summed E-state index contributed by atoms with van der Waals surface area (Å²) in [6.45, 7) is 0. The smallest absolute Gasteiger partial charge is 0.135 e. The summed E-state index contributed by atoms with van der Waals surface area (Å²) >= 11 is 12.5. The molecule has 25 heavy (non-hydrogen) atoms. The number of anilines is 1. The summed E-state index contributed by atoms with van der Waals surface area (Å²) < 4.78 is 11.2. The molecule has 0 bridgehead atoms. The van der Waals surface area contributed by atoms with Crippen LogP contribution < -0.4 is 19.9 Å². The van der Waals surface area contributed by atoms with E-state index in [4.69, 9.17) is 32.7 Å². The minimum absolute atomic E-state index is 0. The van der Waals surface area contributed by atoms with E-state index in [9.17, 15) is 9.90 Å². The summed E-state index contributed by atoms with van der Waals surface area (Å²) in [5.41, 5.74) is 2.16. The van der Waals surface area contributed by atoms with Crippen molar-refractivity contribution in [2.24, 2.45) is 0 Å². The Morgan fingerprint density at radius 3 is 2.72 bits per heavy atom. The first-order valence-electron chi connectivity index (χ1n) is 7.30. The number of hydrogen-bond acceptors (Lipinski definition) is 5. The molecule has 2 aliphatic rings. The maximum absolute atomic E-state index is 11.6. The number of nitrogens with one attached hydrogen (secondary N) is 1. The second-order valence-electron chi connectivity index (χ2n) is 5.75. The highest BCUT2D eigenvalue weighted by Gasteiger charge is 2.46. The van der Waals surface area contributed by atoms with Crippen LogP contribution in [0.3, 0.4) is 0 Å². The number of methoxy groups -OCH3 is 1. The van der Waals surface area contributed by atoms with Crippen LogP contribution in [0.1, 0.15) is 24.5 Å². The molecule has 2 aliphatic heterocycles. The number of carbonyl (C=O) groups is 1. The number of ether oxygens (including phenoxy) is 2. The van der Waals surface area contributed by atoms with Gasteiger partial charge >= 0.3 is 0 Å². The second kappa shape index (κ2) is 6.32. The van der Waals surface area contributed by atoms with Crippen molar-refractivity contribution < 1.29 is 19.4 Å². The Labute approximate surface area is 155 Å². The third-order valence-electron chi connectivity index (χ3n) is 4.44. The third kappa shape index (κ3) is 2.68. The molecular weight excluding hydrogens is 365 g/mol. The van der Waals surface area contributed by atoms with Crippen LogP contribution in [0.25, 0.3) is 0 Å². The Kier molecular flexibility index (Phi) is 4.47. The minimum Gasteiger partial charge on any atom is -0.548 e. The number of hydrogen-bond donors (Lipinski definition) is 1. The average molecular weight is 381 g/mol. The summed E-state index contributed by atoms with van der Waals surface area (Å²) in [7, 11) is 1.57. The summed E-state index contributed by atoms with van der Waals surface area (Å²) in [5, 5.41) is 15.4. The first-order valence-corrected chi connectivity index (χ1v) is 8.06. The molecule has 0 aromatic heterocycles. The molecule has 3 unspecified atom stereocenters. The van der Waals surface area contributed by atoms with Crippen molar-refractivity contribution in [1.29, 1.82) is 0 Å². The van der Waals surface area contributed by atoms with E-state index in [1.165, 1.54) is 0 Å². The van der Waals surface area contributed by atoms with Crippen molar-refractivity contribution in [3.8, 4) is 11.5 Å². The van der Waals surface area contributed by atoms with Gasteiger partial charge in [-0.2, -0.15) is 0 Å². The number of aliphatic carboxylic acids is 1. The van der Waals surface area contributed by atoms with E-state index in [0.717, 1.165) is 11.1 Å². The maximum Gasteiger partial charge on any atom is 0.135 e. The molecule has 2 heterocycles. The van der Waals surface area contributed by atoms with Crippen molar-refractivity contribution in [1.82, 2.24) is 0 Å². The zero-order chi connectivity index (χ0) is 17.0. The SMILES string of the molecule is C.COc1ccc2c(c1)C1c3c(Cl)cc(Cl)cc3NC(C(=O)[O-])C1O2. The van der Waals surface area contributed by atoms with E-state index in [2.05, 4.69) is 5.32 Å². The normalized spacial score (nSPS) is 22.4. The van der Waals surface area contributed by atoms with Gasteiger partial charge in [0.1, 0.15) is 23.6 Å². The highest BCUT2D eigenvalue weighted by molar-refractivity contribution is 6.35. The van der Waals surface area contributed by atoms with Crippen molar-refractivity contribution in [2.75, 3.05) is 12.4 Å². The molecule has 1 N–H and O–H groups in total. The fraction of sp³-hybridized carbons (Fsp3) is 0.278. The third-order valence-corrected chi connectivity index (χ3v) is 4.97. The van der Waals surface area contributed by atoms with Crippen LogP contribution in [-0.4, -0.2) is 25.2 Å². The van der Waals surface area contributed by atoms with Crippen molar-refractivity contribution >= 4 is 34.9 Å². The number of fused-ring (bicyclic) bond motifs is 5. The molecule has 2 aromatic rings. The average Bonchev–Trinajstić information content (AvgIpc) is 2.91. The lowest BCUT2D eigenvalue weighted by Gasteiger charge is -2.37. The molecule has 3 atom stereocenters. The van der Waals surface area contributed by atoms with Crippen LogP contribution in [0, 0.1) is 0 Å². The van der Waals surface area contributed by atoms with E-state index in [0.29, 0.717) is 27.2 Å². The molecule has 2 aromatic carbocycles. The van der Waals surface area contributed by atoms with Gasteiger partial charge in [-0.3, -0.25) is 0 Å². The van der Waals surface area contributed by atoms with Gasteiger partial charge in [-0.1, -0.05) is 30.6 Å². The van der Waals surface area contributed by atoms with Crippen LogP contribution in [0.15, 0.2) is 30.3 Å². The fourth-order valence-corrected chi connectivity index (χ4v) is 4.05. The van der Waals surface area contributed by atoms with Gasteiger partial charge in [0.15, 0.2) is 0 Å². The van der Waals surface area contributed by atoms with Crippen LogP contribution in [0.5, 0.6) is 11.5 Å². The molecule has 0 saturated heterocycles. The monoisotopic (exact) mass is 380 g/mol. The number of rotatable bonds is 2. The van der Waals surface area contributed by atoms with E-state index < -0.39 is 18.1 Å². The van der Waals surface area contributed by atoms with Gasteiger partial charge in [-0.25, -0.2) is 0 Å². The largest absolute Gasteiger partial charge is 0.548 e. The lowest BCUT2D eigenvalue weighted by atomic mass is 9.81. The van der Waals surface area contributed by atoms with E-state index in [1.54, 1.807) is 31.4 Å². The summed E-state index contributed by atoms with van der Waals surface area (Å²) in [4.78, 5) is 11.6. The van der Waals surface area contributed by atoms with Crippen molar-refractivity contribution in [3.63, 3.8) is 0 Å². The molecule has 4 rings (SSSR count). The summed E-state index contributed by atoms with van der Waals surface area (Å²) in [6, 6.07) is 7.65. The first-order chi connectivity index (χ1) is 11.5. The maximum atomic E-state index is 11.6. The van der Waals surface area contributed by atoms with Gasteiger partial charge in [0, 0.05) is 26.9 Å². The zero-order valence-electron chi connectivity index (χ0n) is 12.5. The van der Waals surface area contributed by atoms with Crippen LogP contribution in [0.4, 0.5) is 5.69 Å². The molecule has 7 heteroatoms. The molecule has 132 valence electrons. The number of carbonyl (C=O) groups excluding carboxylic acids is 1. The minimum atomic E-state index is -1.24. The predicted molar refractivity (Wildman–Crippen MR) is 94.9 cm³/mol. The Morgan fingerprint density at radius 1 is 1.28 bits per heavy atom. The van der Waals surface area contributed by atoms with Crippen LogP contribution in [0.2, 0.25) is 10.0 Å². The first kappa shape index (κ1) is 17.7. The van der Waals surface area contributed by atoms with Gasteiger partial charge in [0.25, 0.3) is 0 Å². The topological polar surface area (TPSA) is 70.6 Å². The van der Waals surface area contributed by atoms with Gasteiger partial charge in [-0.15, -0.1) is 0 Å². The molecule has 0 fully saturated rings. The Hall–Kier alpha value is -2.11. The highest BCUT2D eigenvalue weighted by Crippen LogP contribution is 2.52. The highest BCUT2D eigenvalue weighted by atomic mass is 35.5. The van der Waals surface area contributed by atoms with Crippen LogP contribution >= 0.6 is 23.2 Å². The standard InChI is InChI=1S/C17H13Cl2NO4.CH4/c1-23-8-2-3-12-9(6-8)13-14-10(19)4-7(18)5-11(14)20-15(17(21)22)16(13)24-12;/h2-6,13,15-16,20H,1H3,(H,21,22);1H4/p-1. The zero-order valence-corrected chi connectivity index (χ0v) is 14.0. The number of carboxylic acids is 1. The Bertz CT molecular complexity index is 855. The molecule has 0 aliphatic carbocycles. The number of halogens is 2.